The summed E-state index contributed by atoms with van der Waals surface area (Å²) < 4.78 is 0. The zero-order valence-corrected chi connectivity index (χ0v) is 10.5. The van der Waals surface area contributed by atoms with E-state index in [1.54, 1.807) is 6.20 Å². The molecule has 0 aliphatic rings. The van der Waals surface area contributed by atoms with Gasteiger partial charge in [0.05, 0.1) is 6.20 Å². The fraction of sp³-hybridized carbons (Fsp3) is 0.636. The molecule has 1 N–H and O–H groups in total. The molecular weight excluding hydrogens is 206 g/mol. The Bertz CT molecular complexity index is 291. The molecule has 84 valence electrons. The summed E-state index contributed by atoms with van der Waals surface area (Å²) in [5, 5.41) is 11.3. The number of nitrogens with one attached hydrogen (secondary N) is 1. The quantitative estimate of drug-likeness (QED) is 0.755. The van der Waals surface area contributed by atoms with Crippen LogP contribution in [0, 0.1) is 6.92 Å². The van der Waals surface area contributed by atoms with Crippen molar-refractivity contribution in [3.8, 4) is 0 Å². The standard InChI is InChI=1S/C11H19N3S/c1-4-15-6-5-10(3)13-11-7-9(2)8-12-14-11/h7-8,10H,4-6H2,1-3H3,(H,13,14). The Kier molecular flexibility index (Phi) is 5.47. The first kappa shape index (κ1) is 12.3. The van der Waals surface area contributed by atoms with Crippen LogP contribution in [-0.2, 0) is 0 Å². The lowest BCUT2D eigenvalue weighted by Crippen LogP contribution is -2.17. The van der Waals surface area contributed by atoms with Crippen LogP contribution in [0.3, 0.4) is 0 Å². The van der Waals surface area contributed by atoms with E-state index in [4.69, 9.17) is 0 Å². The van der Waals surface area contributed by atoms with Gasteiger partial charge in [-0.05, 0) is 43.4 Å². The van der Waals surface area contributed by atoms with E-state index < -0.39 is 0 Å². The molecule has 0 aromatic carbocycles. The minimum atomic E-state index is 0.458. The maximum atomic E-state index is 4.04. The number of nitrogens with zero attached hydrogens (tertiary/aromatic N) is 2. The molecule has 1 heterocycles. The molecule has 0 spiro atoms. The SMILES string of the molecule is CCSCCC(C)Nc1cc(C)cnn1. The molecule has 1 aromatic rings. The summed E-state index contributed by atoms with van der Waals surface area (Å²) in [6.07, 6.45) is 2.93. The van der Waals surface area contributed by atoms with Crippen molar-refractivity contribution in [2.75, 3.05) is 16.8 Å². The predicted molar refractivity (Wildman–Crippen MR) is 67.5 cm³/mol. The zero-order valence-electron chi connectivity index (χ0n) is 9.66. The Morgan fingerprint density at radius 3 is 3.00 bits per heavy atom. The number of anilines is 1. The number of thioether (sulfide) groups is 1. The number of hydrogen-bond donors (Lipinski definition) is 1. The van der Waals surface area contributed by atoms with Crippen molar-refractivity contribution in [1.29, 1.82) is 0 Å². The Labute approximate surface area is 96.1 Å². The molecule has 0 radical (unpaired) electrons. The lowest BCUT2D eigenvalue weighted by molar-refractivity contribution is 0.761. The van der Waals surface area contributed by atoms with Crippen LogP contribution >= 0.6 is 11.8 Å². The smallest absolute Gasteiger partial charge is 0.149 e. The molecule has 1 aromatic heterocycles. The van der Waals surface area contributed by atoms with Gasteiger partial charge in [-0.3, -0.25) is 0 Å². The summed E-state index contributed by atoms with van der Waals surface area (Å²) >= 11 is 1.97. The third-order valence-electron chi connectivity index (χ3n) is 2.08. The van der Waals surface area contributed by atoms with Crippen LogP contribution in [0.15, 0.2) is 12.3 Å². The topological polar surface area (TPSA) is 37.8 Å². The van der Waals surface area contributed by atoms with Crippen molar-refractivity contribution in [3.63, 3.8) is 0 Å². The maximum absolute atomic E-state index is 4.04. The van der Waals surface area contributed by atoms with Crippen LogP contribution in [0.25, 0.3) is 0 Å². The average Bonchev–Trinajstić information content (AvgIpc) is 2.18. The molecule has 0 bridgehead atoms. The van der Waals surface area contributed by atoms with Gasteiger partial charge in [0.15, 0.2) is 0 Å². The molecule has 4 heteroatoms. The molecule has 0 amide bonds. The fourth-order valence-corrected chi connectivity index (χ4v) is 2.07. The van der Waals surface area contributed by atoms with E-state index in [9.17, 15) is 0 Å². The second kappa shape index (κ2) is 6.67. The monoisotopic (exact) mass is 225 g/mol. The molecular formula is C11H19N3S. The summed E-state index contributed by atoms with van der Waals surface area (Å²) in [7, 11) is 0. The lowest BCUT2D eigenvalue weighted by Gasteiger charge is -2.13. The first-order valence-electron chi connectivity index (χ1n) is 5.36. The lowest BCUT2D eigenvalue weighted by atomic mass is 10.2. The minimum absolute atomic E-state index is 0.458. The second-order valence-electron chi connectivity index (χ2n) is 3.65. The molecule has 15 heavy (non-hydrogen) atoms. The number of aromatic nitrogens is 2. The van der Waals surface area contributed by atoms with Gasteiger partial charge in [0.2, 0.25) is 0 Å². The van der Waals surface area contributed by atoms with Gasteiger partial charge in [-0.15, -0.1) is 5.10 Å². The second-order valence-corrected chi connectivity index (χ2v) is 5.04. The van der Waals surface area contributed by atoms with Gasteiger partial charge in [-0.25, -0.2) is 0 Å². The Hall–Kier alpha value is -0.770. The molecule has 0 fully saturated rings. The first-order chi connectivity index (χ1) is 7.22. The van der Waals surface area contributed by atoms with Crippen LogP contribution in [0.1, 0.15) is 25.8 Å². The van der Waals surface area contributed by atoms with Gasteiger partial charge in [0.25, 0.3) is 0 Å². The molecule has 0 aliphatic carbocycles. The highest BCUT2D eigenvalue weighted by Crippen LogP contribution is 2.09. The highest BCUT2D eigenvalue weighted by atomic mass is 32.2. The van der Waals surface area contributed by atoms with Gasteiger partial charge < -0.3 is 5.32 Å². The van der Waals surface area contributed by atoms with E-state index in [2.05, 4.69) is 29.4 Å². The summed E-state index contributed by atoms with van der Waals surface area (Å²) in [5.41, 5.74) is 1.14. The van der Waals surface area contributed by atoms with Crippen LogP contribution in [-0.4, -0.2) is 27.7 Å². The van der Waals surface area contributed by atoms with Gasteiger partial charge in [0.1, 0.15) is 5.82 Å². The Morgan fingerprint density at radius 1 is 1.53 bits per heavy atom. The average molecular weight is 225 g/mol. The summed E-state index contributed by atoms with van der Waals surface area (Å²) in [5.74, 6) is 3.27. The normalized spacial score (nSPS) is 12.5. The van der Waals surface area contributed by atoms with E-state index >= 15 is 0 Å². The van der Waals surface area contributed by atoms with Crippen LogP contribution in [0.4, 0.5) is 5.82 Å². The molecule has 0 saturated carbocycles. The molecule has 0 aliphatic heterocycles. The van der Waals surface area contributed by atoms with Crippen LogP contribution < -0.4 is 5.32 Å². The molecule has 1 unspecified atom stereocenters. The largest absolute Gasteiger partial charge is 0.366 e. The predicted octanol–water partition coefficient (Wildman–Crippen LogP) is 2.73. The summed E-state index contributed by atoms with van der Waals surface area (Å²) in [6.45, 7) is 6.40. The van der Waals surface area contributed by atoms with Crippen molar-refractivity contribution in [2.24, 2.45) is 0 Å². The van der Waals surface area contributed by atoms with Crippen molar-refractivity contribution in [1.82, 2.24) is 10.2 Å². The summed E-state index contributed by atoms with van der Waals surface area (Å²) in [6, 6.07) is 2.48. The number of hydrogen-bond acceptors (Lipinski definition) is 4. The van der Waals surface area contributed by atoms with Crippen molar-refractivity contribution in [2.45, 2.75) is 33.2 Å². The van der Waals surface area contributed by atoms with Gasteiger partial charge >= 0.3 is 0 Å². The van der Waals surface area contributed by atoms with E-state index in [0.29, 0.717) is 6.04 Å². The van der Waals surface area contributed by atoms with Gasteiger partial charge in [0, 0.05) is 6.04 Å². The molecule has 0 saturated heterocycles. The first-order valence-corrected chi connectivity index (χ1v) is 6.51. The van der Waals surface area contributed by atoms with Crippen LogP contribution in [0.5, 0.6) is 0 Å². The third-order valence-corrected chi connectivity index (χ3v) is 3.02. The van der Waals surface area contributed by atoms with Gasteiger partial charge in [-0.1, -0.05) is 6.92 Å². The molecule has 1 atom stereocenters. The highest BCUT2D eigenvalue weighted by molar-refractivity contribution is 7.99. The van der Waals surface area contributed by atoms with E-state index in [0.717, 1.165) is 17.8 Å². The highest BCUT2D eigenvalue weighted by Gasteiger charge is 2.02. The maximum Gasteiger partial charge on any atom is 0.149 e. The fourth-order valence-electron chi connectivity index (χ4n) is 1.26. The minimum Gasteiger partial charge on any atom is -0.366 e. The third kappa shape index (κ3) is 5.02. The number of aryl methyl sites for hydroxylation is 1. The van der Waals surface area contributed by atoms with E-state index in [1.165, 1.54) is 11.5 Å². The molecule has 3 nitrogen and oxygen atoms in total. The summed E-state index contributed by atoms with van der Waals surface area (Å²) in [4.78, 5) is 0. The van der Waals surface area contributed by atoms with E-state index in [-0.39, 0.29) is 0 Å². The Balaban J connectivity index is 2.34. The van der Waals surface area contributed by atoms with Crippen molar-refractivity contribution in [3.05, 3.63) is 17.8 Å². The molecule has 1 rings (SSSR count). The van der Waals surface area contributed by atoms with Gasteiger partial charge in [-0.2, -0.15) is 16.9 Å². The zero-order chi connectivity index (χ0) is 11.1. The number of rotatable bonds is 6. The van der Waals surface area contributed by atoms with Crippen molar-refractivity contribution < 1.29 is 0 Å². The Morgan fingerprint density at radius 2 is 2.33 bits per heavy atom. The van der Waals surface area contributed by atoms with Crippen molar-refractivity contribution >= 4 is 17.6 Å². The van der Waals surface area contributed by atoms with E-state index in [1.807, 2.05) is 24.8 Å². The van der Waals surface area contributed by atoms with Crippen LogP contribution in [0.2, 0.25) is 0 Å².